The van der Waals surface area contributed by atoms with Crippen molar-refractivity contribution < 1.29 is 4.74 Å². The van der Waals surface area contributed by atoms with Gasteiger partial charge in [-0.05, 0) is 50.5 Å². The Kier molecular flexibility index (Phi) is 5.18. The van der Waals surface area contributed by atoms with Crippen LogP contribution in [0.2, 0.25) is 0 Å². The monoisotopic (exact) mass is 354 g/mol. The van der Waals surface area contributed by atoms with Gasteiger partial charge in [-0.1, -0.05) is 15.9 Å². The van der Waals surface area contributed by atoms with Crippen molar-refractivity contribution in [2.45, 2.75) is 39.8 Å². The van der Waals surface area contributed by atoms with E-state index in [4.69, 9.17) is 10.5 Å². The van der Waals surface area contributed by atoms with Gasteiger partial charge in [-0.15, -0.1) is 11.3 Å². The van der Waals surface area contributed by atoms with Gasteiger partial charge in [-0.25, -0.2) is 4.98 Å². The van der Waals surface area contributed by atoms with Gasteiger partial charge in [0, 0.05) is 16.7 Å². The first kappa shape index (κ1) is 15.5. The van der Waals surface area contributed by atoms with E-state index in [9.17, 15) is 0 Å². The van der Waals surface area contributed by atoms with E-state index >= 15 is 0 Å². The van der Waals surface area contributed by atoms with Crippen LogP contribution in [0.15, 0.2) is 22.8 Å². The summed E-state index contributed by atoms with van der Waals surface area (Å²) < 4.78 is 7.08. The molecule has 0 saturated carbocycles. The topological polar surface area (TPSA) is 48.1 Å². The summed E-state index contributed by atoms with van der Waals surface area (Å²) in [5.41, 5.74) is 8.19. The van der Waals surface area contributed by atoms with Gasteiger partial charge in [0.15, 0.2) is 0 Å². The zero-order valence-corrected chi connectivity index (χ0v) is 14.3. The molecule has 1 aromatic heterocycles. The third-order valence-electron chi connectivity index (χ3n) is 2.89. The van der Waals surface area contributed by atoms with Crippen LogP contribution in [0.3, 0.4) is 0 Å². The predicted molar refractivity (Wildman–Crippen MR) is 87.4 cm³/mol. The summed E-state index contributed by atoms with van der Waals surface area (Å²) in [6.07, 6.45) is 2.68. The fourth-order valence-electron chi connectivity index (χ4n) is 2.12. The van der Waals surface area contributed by atoms with Crippen LogP contribution in [0.1, 0.15) is 27.9 Å². The molecule has 0 saturated heterocycles. The van der Waals surface area contributed by atoms with E-state index in [0.29, 0.717) is 6.61 Å². The fraction of sp³-hybridized carbons (Fsp3) is 0.400. The molecule has 1 unspecified atom stereocenters. The summed E-state index contributed by atoms with van der Waals surface area (Å²) in [6, 6.07) is 4.26. The van der Waals surface area contributed by atoms with Gasteiger partial charge >= 0.3 is 0 Å². The molecular formula is C15H19BrN2OS. The highest BCUT2D eigenvalue weighted by Gasteiger charge is 2.11. The van der Waals surface area contributed by atoms with Crippen molar-refractivity contribution in [3.63, 3.8) is 0 Å². The van der Waals surface area contributed by atoms with E-state index < -0.39 is 0 Å². The van der Waals surface area contributed by atoms with E-state index in [2.05, 4.69) is 40.0 Å². The zero-order valence-electron chi connectivity index (χ0n) is 11.9. The molecule has 0 aliphatic heterocycles. The summed E-state index contributed by atoms with van der Waals surface area (Å²) in [4.78, 5) is 5.38. The van der Waals surface area contributed by atoms with Crippen LogP contribution >= 0.6 is 27.3 Å². The molecule has 0 radical (unpaired) electrons. The lowest BCUT2D eigenvalue weighted by Crippen LogP contribution is -2.18. The molecular weight excluding hydrogens is 336 g/mol. The maximum absolute atomic E-state index is 6.02. The second kappa shape index (κ2) is 6.70. The number of hydrogen-bond acceptors (Lipinski definition) is 4. The Morgan fingerprint density at radius 2 is 2.15 bits per heavy atom. The number of nitrogens with two attached hydrogens (primary N) is 1. The van der Waals surface area contributed by atoms with Crippen LogP contribution in [0.5, 0.6) is 5.75 Å². The van der Waals surface area contributed by atoms with Crippen molar-refractivity contribution in [2.75, 3.05) is 0 Å². The molecule has 1 aromatic carbocycles. The Labute approximate surface area is 132 Å². The maximum Gasteiger partial charge on any atom is 0.126 e. The molecule has 0 aliphatic rings. The van der Waals surface area contributed by atoms with E-state index in [1.165, 1.54) is 0 Å². The van der Waals surface area contributed by atoms with Crippen molar-refractivity contribution in [3.8, 4) is 5.75 Å². The highest BCUT2D eigenvalue weighted by atomic mass is 79.9. The standard InChI is InChI=1S/C15H19BrN2OS/c1-9-4-13(16)6-12(5-10(2)17)15(9)19-8-14-7-18-11(3)20-14/h4,6-7,10H,5,8,17H2,1-3H3. The van der Waals surface area contributed by atoms with Crippen molar-refractivity contribution >= 4 is 27.3 Å². The van der Waals surface area contributed by atoms with Gasteiger partial charge in [0.1, 0.15) is 12.4 Å². The van der Waals surface area contributed by atoms with Crippen LogP contribution in [-0.2, 0) is 13.0 Å². The second-order valence-electron chi connectivity index (χ2n) is 5.03. The average molecular weight is 355 g/mol. The van der Waals surface area contributed by atoms with Crippen molar-refractivity contribution in [1.82, 2.24) is 4.98 Å². The van der Waals surface area contributed by atoms with E-state index in [1.54, 1.807) is 11.3 Å². The molecule has 2 aromatic rings. The van der Waals surface area contributed by atoms with Gasteiger partial charge in [0.25, 0.3) is 0 Å². The minimum absolute atomic E-state index is 0.108. The normalized spacial score (nSPS) is 12.4. The minimum Gasteiger partial charge on any atom is -0.487 e. The Balaban J connectivity index is 2.20. The number of rotatable bonds is 5. The fourth-order valence-corrected chi connectivity index (χ4v) is 3.45. The summed E-state index contributed by atoms with van der Waals surface area (Å²) in [7, 11) is 0. The summed E-state index contributed by atoms with van der Waals surface area (Å²) >= 11 is 5.20. The first-order valence-corrected chi connectivity index (χ1v) is 8.15. The van der Waals surface area contributed by atoms with Gasteiger partial charge in [-0.3, -0.25) is 0 Å². The molecule has 108 valence electrons. The highest BCUT2D eigenvalue weighted by molar-refractivity contribution is 9.10. The lowest BCUT2D eigenvalue weighted by molar-refractivity contribution is 0.303. The van der Waals surface area contributed by atoms with E-state index in [1.807, 2.05) is 20.0 Å². The molecule has 0 aliphatic carbocycles. The van der Waals surface area contributed by atoms with Gasteiger partial charge in [-0.2, -0.15) is 0 Å². The molecule has 3 nitrogen and oxygen atoms in total. The lowest BCUT2D eigenvalue weighted by atomic mass is 10.0. The van der Waals surface area contributed by atoms with Crippen LogP contribution in [-0.4, -0.2) is 11.0 Å². The number of benzene rings is 1. The van der Waals surface area contributed by atoms with E-state index in [0.717, 1.165) is 37.7 Å². The number of halogens is 1. The summed E-state index contributed by atoms with van der Waals surface area (Å²) in [5.74, 6) is 0.941. The van der Waals surface area contributed by atoms with Crippen molar-refractivity contribution in [3.05, 3.63) is 43.8 Å². The summed E-state index contributed by atoms with van der Waals surface area (Å²) in [5, 5.41) is 1.06. The second-order valence-corrected chi connectivity index (χ2v) is 7.26. The molecule has 2 rings (SSSR count). The lowest BCUT2D eigenvalue weighted by Gasteiger charge is -2.16. The Morgan fingerprint density at radius 3 is 2.75 bits per heavy atom. The van der Waals surface area contributed by atoms with Crippen molar-refractivity contribution in [2.24, 2.45) is 5.73 Å². The van der Waals surface area contributed by atoms with Crippen LogP contribution < -0.4 is 10.5 Å². The maximum atomic E-state index is 6.02. The zero-order chi connectivity index (χ0) is 14.7. The molecule has 0 bridgehead atoms. The molecule has 20 heavy (non-hydrogen) atoms. The molecule has 1 heterocycles. The van der Waals surface area contributed by atoms with Gasteiger partial charge < -0.3 is 10.5 Å². The predicted octanol–water partition coefficient (Wildman–Crippen LogP) is 3.99. The van der Waals surface area contributed by atoms with E-state index in [-0.39, 0.29) is 6.04 Å². The molecule has 1 atom stereocenters. The first-order chi connectivity index (χ1) is 9.45. The Hall–Kier alpha value is -0.910. The minimum atomic E-state index is 0.108. The SMILES string of the molecule is Cc1ncc(COc2c(C)cc(Br)cc2CC(C)N)s1. The first-order valence-electron chi connectivity index (χ1n) is 6.54. The molecule has 0 spiro atoms. The van der Waals surface area contributed by atoms with Crippen LogP contribution in [0.25, 0.3) is 0 Å². The number of nitrogens with zero attached hydrogens (tertiary/aromatic N) is 1. The third-order valence-corrected chi connectivity index (χ3v) is 4.23. The highest BCUT2D eigenvalue weighted by Crippen LogP contribution is 2.30. The van der Waals surface area contributed by atoms with Crippen LogP contribution in [0, 0.1) is 13.8 Å². The number of hydrogen-bond donors (Lipinski definition) is 1. The molecule has 2 N–H and O–H groups in total. The number of thiazole rings is 1. The molecule has 5 heteroatoms. The third kappa shape index (κ3) is 4.04. The van der Waals surface area contributed by atoms with Gasteiger partial charge in [0.05, 0.1) is 9.88 Å². The largest absolute Gasteiger partial charge is 0.487 e. The number of aryl methyl sites for hydroxylation is 2. The number of aromatic nitrogens is 1. The average Bonchev–Trinajstić information content (AvgIpc) is 2.73. The number of ether oxygens (including phenoxy) is 1. The van der Waals surface area contributed by atoms with Crippen molar-refractivity contribution in [1.29, 1.82) is 0 Å². The Bertz CT molecular complexity index is 596. The van der Waals surface area contributed by atoms with Crippen LogP contribution in [0.4, 0.5) is 0 Å². The smallest absolute Gasteiger partial charge is 0.126 e. The summed E-state index contributed by atoms with van der Waals surface area (Å²) in [6.45, 7) is 6.62. The Morgan fingerprint density at radius 1 is 1.40 bits per heavy atom. The molecule has 0 amide bonds. The van der Waals surface area contributed by atoms with Gasteiger partial charge in [0.2, 0.25) is 0 Å². The molecule has 0 fully saturated rings. The quantitative estimate of drug-likeness (QED) is 0.882.